The van der Waals surface area contributed by atoms with Gasteiger partial charge >= 0.3 is 0 Å². The first-order chi connectivity index (χ1) is 26.1. The lowest BCUT2D eigenvalue weighted by Crippen LogP contribution is -2.50. The molecule has 2 amide bonds. The number of benzene rings is 2. The number of allylic oxidation sites excluding steroid dienone is 4. The van der Waals surface area contributed by atoms with E-state index in [0.29, 0.717) is 97.4 Å². The van der Waals surface area contributed by atoms with Crippen molar-refractivity contribution in [1.29, 1.82) is 0 Å². The summed E-state index contributed by atoms with van der Waals surface area (Å²) in [7, 11) is 0. The Bertz CT molecular complexity index is 2150. The highest BCUT2D eigenvalue weighted by molar-refractivity contribution is 5.95. The maximum atomic E-state index is 15.0. The summed E-state index contributed by atoms with van der Waals surface area (Å²) in [5.74, 6) is 0.992. The SMILES string of the molecule is C[C@]12C[C@H](CCCCCC(=O)N3CCN(C(=O)c4cc(Cc5n[nH]c(=O)c6ccccc56)ccc4F)CC3)C3=C4CCC(=O)C=C4CC[C@H]3[C@@H]1CCC2=O. The van der Waals surface area contributed by atoms with Crippen molar-refractivity contribution in [3.63, 3.8) is 0 Å². The fraction of sp³-hybridized carbons (Fsp3) is 0.500. The molecule has 282 valence electrons. The molecule has 1 N–H and O–H groups in total. The van der Waals surface area contributed by atoms with Crippen LogP contribution in [0.1, 0.15) is 106 Å². The summed E-state index contributed by atoms with van der Waals surface area (Å²) < 4.78 is 15.0. The number of piperazine rings is 1. The lowest BCUT2D eigenvalue weighted by atomic mass is 9.53. The molecule has 5 aliphatic rings. The number of Topliss-reactive ketones (excluding diaryl/α,β-unsaturated/α-hetero) is 1. The number of nitrogens with one attached hydrogen (secondary N) is 1. The zero-order valence-corrected chi connectivity index (χ0v) is 31.1. The van der Waals surface area contributed by atoms with Gasteiger partial charge in [-0.15, -0.1) is 0 Å². The van der Waals surface area contributed by atoms with Crippen molar-refractivity contribution >= 4 is 34.2 Å². The summed E-state index contributed by atoms with van der Waals surface area (Å²) in [5, 5.41) is 7.98. The number of carbonyl (C=O) groups excluding carboxylic acids is 4. The molecular formula is C44H49FN4O5. The van der Waals surface area contributed by atoms with E-state index in [9.17, 15) is 24.0 Å². The average Bonchev–Trinajstić information content (AvgIpc) is 3.48. The van der Waals surface area contributed by atoms with Crippen molar-refractivity contribution in [2.45, 2.75) is 90.4 Å². The van der Waals surface area contributed by atoms with Crippen LogP contribution >= 0.6 is 0 Å². The second-order valence-electron chi connectivity index (χ2n) is 16.4. The average molecular weight is 733 g/mol. The molecular weight excluding hydrogens is 684 g/mol. The van der Waals surface area contributed by atoms with E-state index >= 15 is 4.39 Å². The number of amides is 2. The van der Waals surface area contributed by atoms with Crippen LogP contribution in [0.2, 0.25) is 0 Å². The molecule has 0 radical (unpaired) electrons. The number of halogens is 1. The van der Waals surface area contributed by atoms with Crippen LogP contribution in [0, 0.1) is 29.0 Å². The molecule has 0 spiro atoms. The van der Waals surface area contributed by atoms with Gasteiger partial charge in [-0.05, 0) is 104 Å². The van der Waals surface area contributed by atoms with Gasteiger partial charge in [0.05, 0.1) is 16.6 Å². The molecule has 2 aromatic carbocycles. The topological polar surface area (TPSA) is 121 Å². The molecule has 54 heavy (non-hydrogen) atoms. The van der Waals surface area contributed by atoms with Crippen LogP contribution < -0.4 is 5.56 Å². The maximum Gasteiger partial charge on any atom is 0.272 e. The van der Waals surface area contributed by atoms with E-state index < -0.39 is 11.7 Å². The predicted octanol–water partition coefficient (Wildman–Crippen LogP) is 6.89. The minimum Gasteiger partial charge on any atom is -0.339 e. The number of hydrogen-bond acceptors (Lipinski definition) is 6. The number of fused-ring (bicyclic) bond motifs is 5. The zero-order chi connectivity index (χ0) is 37.6. The van der Waals surface area contributed by atoms with Crippen LogP contribution in [0.3, 0.4) is 0 Å². The van der Waals surface area contributed by atoms with Gasteiger partial charge in [0.2, 0.25) is 5.91 Å². The highest BCUT2D eigenvalue weighted by atomic mass is 19.1. The Labute approximate surface area is 315 Å². The van der Waals surface area contributed by atoms with Crippen LogP contribution in [0.4, 0.5) is 4.39 Å². The summed E-state index contributed by atoms with van der Waals surface area (Å²) in [6.07, 6.45) is 12.4. The summed E-state index contributed by atoms with van der Waals surface area (Å²) in [6.45, 7) is 3.70. The molecule has 4 atom stereocenters. The van der Waals surface area contributed by atoms with E-state index in [1.807, 2.05) is 23.1 Å². The van der Waals surface area contributed by atoms with Gasteiger partial charge in [0, 0.05) is 62.7 Å². The fourth-order valence-electron chi connectivity index (χ4n) is 10.5. The Morgan fingerprint density at radius 1 is 0.907 bits per heavy atom. The van der Waals surface area contributed by atoms with Crippen LogP contribution in [0.15, 0.2) is 70.1 Å². The van der Waals surface area contributed by atoms with Gasteiger partial charge in [0.15, 0.2) is 5.78 Å². The standard InChI is InChI=1S/C44H49FN4O5/c1-44-26-29(41-31-15-13-30(50)25-28(31)12-14-34(41)36(44)16-18-39(44)51)7-3-2-4-10-40(52)48-19-21-49(22-20-48)43(54)35-23-27(11-17-37(35)45)24-38-32-8-5-6-9-33(32)42(53)47-46-38/h5-6,8-9,11,17,23,25,29,34,36H,2-4,7,10,12-16,18-22,24,26H2,1H3,(H,47,53)/t29-,34-,36-,44-/m0/s1. The largest absolute Gasteiger partial charge is 0.339 e. The number of H-pyrrole nitrogens is 1. The Hall–Kier alpha value is -4.73. The molecule has 1 aromatic heterocycles. The number of aromatic nitrogens is 2. The Morgan fingerprint density at radius 2 is 1.69 bits per heavy atom. The van der Waals surface area contributed by atoms with Crippen LogP contribution in [-0.4, -0.2) is 69.6 Å². The first-order valence-electron chi connectivity index (χ1n) is 19.9. The number of carbonyl (C=O) groups is 4. The molecule has 2 heterocycles. The van der Waals surface area contributed by atoms with E-state index in [4.69, 9.17) is 0 Å². The van der Waals surface area contributed by atoms with Gasteiger partial charge in [-0.1, -0.05) is 49.6 Å². The third-order valence-corrected chi connectivity index (χ3v) is 13.3. The number of ketones is 2. The molecule has 10 heteroatoms. The molecule has 4 aliphatic carbocycles. The maximum absolute atomic E-state index is 15.0. The molecule has 1 aliphatic heterocycles. The molecule has 0 bridgehead atoms. The summed E-state index contributed by atoms with van der Waals surface area (Å²) in [4.78, 5) is 67.8. The van der Waals surface area contributed by atoms with Crippen molar-refractivity contribution in [3.05, 3.63) is 98.3 Å². The van der Waals surface area contributed by atoms with Crippen LogP contribution in [0.25, 0.3) is 10.8 Å². The summed E-state index contributed by atoms with van der Waals surface area (Å²) in [6, 6.07) is 11.7. The highest BCUT2D eigenvalue weighted by Gasteiger charge is 2.56. The predicted molar refractivity (Wildman–Crippen MR) is 203 cm³/mol. The number of rotatable bonds is 9. The highest BCUT2D eigenvalue weighted by Crippen LogP contribution is 2.61. The van der Waals surface area contributed by atoms with E-state index in [2.05, 4.69) is 17.1 Å². The lowest BCUT2D eigenvalue weighted by molar-refractivity contribution is -0.133. The summed E-state index contributed by atoms with van der Waals surface area (Å²) in [5.41, 5.74) is 5.04. The fourth-order valence-corrected chi connectivity index (χ4v) is 10.5. The van der Waals surface area contributed by atoms with Crippen LogP contribution in [0.5, 0.6) is 0 Å². The van der Waals surface area contributed by atoms with E-state index in [1.54, 1.807) is 34.7 Å². The smallest absolute Gasteiger partial charge is 0.272 e. The molecule has 3 aromatic rings. The second kappa shape index (κ2) is 14.8. The first-order valence-corrected chi connectivity index (χ1v) is 19.9. The van der Waals surface area contributed by atoms with Crippen molar-refractivity contribution in [3.8, 4) is 0 Å². The third kappa shape index (κ3) is 6.77. The quantitative estimate of drug-likeness (QED) is 0.240. The molecule has 2 saturated carbocycles. The van der Waals surface area contributed by atoms with Gasteiger partial charge in [-0.2, -0.15) is 5.10 Å². The van der Waals surface area contributed by atoms with Crippen LogP contribution in [-0.2, 0) is 20.8 Å². The van der Waals surface area contributed by atoms with Gasteiger partial charge in [-0.25, -0.2) is 9.49 Å². The van der Waals surface area contributed by atoms with E-state index in [1.165, 1.54) is 17.2 Å². The van der Waals surface area contributed by atoms with E-state index in [0.717, 1.165) is 57.8 Å². The lowest BCUT2D eigenvalue weighted by Gasteiger charge is -2.50. The third-order valence-electron chi connectivity index (χ3n) is 13.3. The number of nitrogens with zero attached hydrogens (tertiary/aromatic N) is 3. The minimum absolute atomic E-state index is 0.0129. The molecule has 9 nitrogen and oxygen atoms in total. The van der Waals surface area contributed by atoms with Gasteiger partial charge in [0.25, 0.3) is 11.5 Å². The van der Waals surface area contributed by atoms with Crippen molar-refractivity contribution < 1.29 is 23.6 Å². The molecule has 8 rings (SSSR count). The number of hydrogen-bond donors (Lipinski definition) is 1. The van der Waals surface area contributed by atoms with Crippen molar-refractivity contribution in [2.75, 3.05) is 26.2 Å². The van der Waals surface area contributed by atoms with Gasteiger partial charge in [-0.3, -0.25) is 24.0 Å². The van der Waals surface area contributed by atoms with Crippen molar-refractivity contribution in [1.82, 2.24) is 20.0 Å². The van der Waals surface area contributed by atoms with Crippen molar-refractivity contribution in [2.24, 2.45) is 23.2 Å². The summed E-state index contributed by atoms with van der Waals surface area (Å²) >= 11 is 0. The second-order valence-corrected chi connectivity index (χ2v) is 16.4. The molecule has 1 saturated heterocycles. The first kappa shape index (κ1) is 36.3. The number of aromatic amines is 1. The Kier molecular flexibility index (Phi) is 9.96. The Morgan fingerprint density at radius 3 is 2.50 bits per heavy atom. The molecule has 0 unspecified atom stereocenters. The Balaban J connectivity index is 0.836. The monoisotopic (exact) mass is 732 g/mol. The normalized spacial score (nSPS) is 25.4. The van der Waals surface area contributed by atoms with Gasteiger partial charge in [0.1, 0.15) is 11.6 Å². The molecule has 3 fully saturated rings. The number of unbranched alkanes of at least 4 members (excludes halogenated alkanes) is 2. The van der Waals surface area contributed by atoms with E-state index in [-0.39, 0.29) is 28.2 Å². The minimum atomic E-state index is -0.597. The van der Waals surface area contributed by atoms with Gasteiger partial charge < -0.3 is 9.80 Å². The zero-order valence-electron chi connectivity index (χ0n) is 31.1.